The van der Waals surface area contributed by atoms with Gasteiger partial charge in [-0.25, -0.2) is 4.79 Å². The number of hydrogen-bond acceptors (Lipinski definition) is 4. The van der Waals surface area contributed by atoms with Crippen LogP contribution in [-0.4, -0.2) is 52.8 Å². The zero-order valence-electron chi connectivity index (χ0n) is 17.7. The number of amides is 4. The molecular weight excluding hydrogens is 368 g/mol. The quantitative estimate of drug-likeness (QED) is 0.690. The Bertz CT molecular complexity index is 758. The van der Waals surface area contributed by atoms with Crippen LogP contribution in [0.25, 0.3) is 0 Å². The molecule has 2 fully saturated rings. The van der Waals surface area contributed by atoms with E-state index in [-0.39, 0.29) is 18.4 Å². The number of piperidine rings is 1. The van der Waals surface area contributed by atoms with E-state index >= 15 is 0 Å². The molecule has 158 valence electrons. The van der Waals surface area contributed by atoms with E-state index in [9.17, 15) is 14.4 Å². The lowest BCUT2D eigenvalue weighted by Crippen LogP contribution is -2.46. The van der Waals surface area contributed by atoms with Crippen LogP contribution in [-0.2, 0) is 16.1 Å². The molecule has 2 saturated heterocycles. The number of likely N-dealkylation sites (tertiary alicyclic amines) is 1. The third kappa shape index (κ3) is 4.78. The minimum Gasteiger partial charge on any atom is -0.325 e. The van der Waals surface area contributed by atoms with Crippen LogP contribution in [0.2, 0.25) is 0 Å². The molecule has 4 amide bonds. The summed E-state index contributed by atoms with van der Waals surface area (Å²) >= 11 is 0. The van der Waals surface area contributed by atoms with Crippen molar-refractivity contribution in [1.29, 1.82) is 0 Å². The summed E-state index contributed by atoms with van der Waals surface area (Å²) in [6.45, 7) is 8.90. The number of imide groups is 1. The van der Waals surface area contributed by atoms with Crippen molar-refractivity contribution in [1.82, 2.24) is 15.1 Å². The first-order valence-corrected chi connectivity index (χ1v) is 10.6. The molecule has 3 rings (SSSR count). The number of rotatable bonds is 7. The Balaban J connectivity index is 1.54. The fraction of sp³-hybridized carbons (Fsp3) is 0.591. The van der Waals surface area contributed by atoms with E-state index in [2.05, 4.69) is 22.5 Å². The number of carbonyl (C=O) groups is 3. The smallest absolute Gasteiger partial charge is 0.325 e. The van der Waals surface area contributed by atoms with Gasteiger partial charge in [0.05, 0.1) is 0 Å². The largest absolute Gasteiger partial charge is 0.325 e. The van der Waals surface area contributed by atoms with Crippen LogP contribution < -0.4 is 10.6 Å². The Hall–Kier alpha value is -2.41. The van der Waals surface area contributed by atoms with Crippen molar-refractivity contribution in [3.63, 3.8) is 0 Å². The summed E-state index contributed by atoms with van der Waals surface area (Å²) in [5.41, 5.74) is 0.988. The van der Waals surface area contributed by atoms with E-state index in [1.165, 1.54) is 18.4 Å². The molecule has 1 aromatic rings. The number of nitrogens with one attached hydrogen (secondary N) is 2. The standard InChI is InChI=1S/C22H32N4O3/c1-4-22(5-2)20(28)26(21(29)24-22)15-19(27)23-18-10-8-17(9-11-18)14-25-12-6-7-16(3)13-25/h8-11,16H,4-7,12-15H2,1-3H3,(H,23,27)(H,24,29). The Morgan fingerprint density at radius 2 is 1.90 bits per heavy atom. The zero-order valence-corrected chi connectivity index (χ0v) is 17.7. The van der Waals surface area contributed by atoms with E-state index in [1.54, 1.807) is 0 Å². The lowest BCUT2D eigenvalue weighted by Gasteiger charge is -2.30. The number of benzene rings is 1. The van der Waals surface area contributed by atoms with E-state index in [0.717, 1.165) is 30.5 Å². The van der Waals surface area contributed by atoms with E-state index in [0.29, 0.717) is 18.5 Å². The lowest BCUT2D eigenvalue weighted by molar-refractivity contribution is -0.134. The summed E-state index contributed by atoms with van der Waals surface area (Å²) < 4.78 is 0. The van der Waals surface area contributed by atoms with Crippen LogP contribution in [0, 0.1) is 5.92 Å². The Kier molecular flexibility index (Phi) is 6.57. The van der Waals surface area contributed by atoms with Gasteiger partial charge in [0.2, 0.25) is 5.91 Å². The molecule has 0 bridgehead atoms. The topological polar surface area (TPSA) is 81.8 Å². The molecule has 1 atom stereocenters. The van der Waals surface area contributed by atoms with Crippen molar-refractivity contribution in [2.75, 3.05) is 25.0 Å². The molecule has 0 saturated carbocycles. The minimum absolute atomic E-state index is 0.278. The molecule has 7 heteroatoms. The van der Waals surface area contributed by atoms with Gasteiger partial charge < -0.3 is 10.6 Å². The third-order valence-corrected chi connectivity index (χ3v) is 6.14. The van der Waals surface area contributed by atoms with Gasteiger partial charge in [-0.1, -0.05) is 32.9 Å². The SMILES string of the molecule is CCC1(CC)NC(=O)N(CC(=O)Nc2ccc(CN3CCCC(C)C3)cc2)C1=O. The maximum Gasteiger partial charge on any atom is 0.325 e. The summed E-state index contributed by atoms with van der Waals surface area (Å²) in [7, 11) is 0. The highest BCUT2D eigenvalue weighted by Crippen LogP contribution is 2.25. The van der Waals surface area contributed by atoms with E-state index < -0.39 is 11.6 Å². The molecule has 0 radical (unpaired) electrons. The van der Waals surface area contributed by atoms with Gasteiger partial charge in [-0.15, -0.1) is 0 Å². The predicted octanol–water partition coefficient (Wildman–Crippen LogP) is 2.97. The van der Waals surface area contributed by atoms with Crippen LogP contribution in [0.15, 0.2) is 24.3 Å². The monoisotopic (exact) mass is 400 g/mol. The molecule has 0 spiro atoms. The predicted molar refractivity (Wildman–Crippen MR) is 112 cm³/mol. The Labute approximate surface area is 172 Å². The number of nitrogens with zero attached hydrogens (tertiary/aromatic N) is 2. The van der Waals surface area contributed by atoms with Crippen molar-refractivity contribution in [2.24, 2.45) is 5.92 Å². The molecule has 2 aliphatic heterocycles. The minimum atomic E-state index is -0.884. The normalized spacial score (nSPS) is 21.9. The van der Waals surface area contributed by atoms with Crippen LogP contribution >= 0.6 is 0 Å². The molecule has 2 heterocycles. The molecule has 2 N–H and O–H groups in total. The molecular formula is C22H32N4O3. The lowest BCUT2D eigenvalue weighted by atomic mass is 9.93. The molecule has 7 nitrogen and oxygen atoms in total. The molecule has 0 aliphatic carbocycles. The van der Waals surface area contributed by atoms with Crippen LogP contribution in [0.3, 0.4) is 0 Å². The highest BCUT2D eigenvalue weighted by molar-refractivity contribution is 6.10. The maximum atomic E-state index is 12.6. The third-order valence-electron chi connectivity index (χ3n) is 6.14. The average Bonchev–Trinajstić information content (AvgIpc) is 2.94. The van der Waals surface area contributed by atoms with Gasteiger partial charge in [0.15, 0.2) is 0 Å². The second kappa shape index (κ2) is 8.95. The first kappa shape index (κ1) is 21.3. The summed E-state index contributed by atoms with van der Waals surface area (Å²) in [5, 5.41) is 5.52. The van der Waals surface area contributed by atoms with E-state index in [1.807, 2.05) is 38.1 Å². The van der Waals surface area contributed by atoms with Gasteiger partial charge in [-0.3, -0.25) is 19.4 Å². The summed E-state index contributed by atoms with van der Waals surface area (Å²) in [4.78, 5) is 40.6. The summed E-state index contributed by atoms with van der Waals surface area (Å²) in [6, 6.07) is 7.27. The molecule has 0 aromatic heterocycles. The number of urea groups is 1. The fourth-order valence-corrected chi connectivity index (χ4v) is 4.28. The highest BCUT2D eigenvalue weighted by Gasteiger charge is 2.49. The van der Waals surface area contributed by atoms with Gasteiger partial charge in [-0.2, -0.15) is 0 Å². The van der Waals surface area contributed by atoms with Gasteiger partial charge in [0, 0.05) is 18.8 Å². The summed E-state index contributed by atoms with van der Waals surface area (Å²) in [6.07, 6.45) is 3.55. The number of carbonyl (C=O) groups excluding carboxylic acids is 3. The van der Waals surface area contributed by atoms with Gasteiger partial charge in [-0.05, 0) is 55.8 Å². The Morgan fingerprint density at radius 1 is 1.21 bits per heavy atom. The van der Waals surface area contributed by atoms with Crippen molar-refractivity contribution in [3.8, 4) is 0 Å². The van der Waals surface area contributed by atoms with E-state index in [4.69, 9.17) is 0 Å². The first-order chi connectivity index (χ1) is 13.9. The molecule has 1 unspecified atom stereocenters. The van der Waals surface area contributed by atoms with Gasteiger partial charge in [0.25, 0.3) is 5.91 Å². The highest BCUT2D eigenvalue weighted by atomic mass is 16.2. The Morgan fingerprint density at radius 3 is 2.48 bits per heavy atom. The zero-order chi connectivity index (χ0) is 21.0. The average molecular weight is 401 g/mol. The fourth-order valence-electron chi connectivity index (χ4n) is 4.28. The van der Waals surface area contributed by atoms with Crippen molar-refractivity contribution in [3.05, 3.63) is 29.8 Å². The van der Waals surface area contributed by atoms with Crippen molar-refractivity contribution >= 4 is 23.5 Å². The maximum absolute atomic E-state index is 12.6. The van der Waals surface area contributed by atoms with Crippen molar-refractivity contribution < 1.29 is 14.4 Å². The number of hydrogen-bond donors (Lipinski definition) is 2. The van der Waals surface area contributed by atoms with Crippen LogP contribution in [0.4, 0.5) is 10.5 Å². The van der Waals surface area contributed by atoms with Crippen LogP contribution in [0.1, 0.15) is 52.0 Å². The number of anilines is 1. The first-order valence-electron chi connectivity index (χ1n) is 10.6. The van der Waals surface area contributed by atoms with Gasteiger partial charge in [0.1, 0.15) is 12.1 Å². The second-order valence-electron chi connectivity index (χ2n) is 8.34. The summed E-state index contributed by atoms with van der Waals surface area (Å²) in [5.74, 6) is 0.0369. The molecule has 2 aliphatic rings. The molecule has 1 aromatic carbocycles. The second-order valence-corrected chi connectivity index (χ2v) is 8.34. The molecule has 29 heavy (non-hydrogen) atoms. The van der Waals surface area contributed by atoms with Gasteiger partial charge >= 0.3 is 6.03 Å². The van der Waals surface area contributed by atoms with Crippen LogP contribution in [0.5, 0.6) is 0 Å². The van der Waals surface area contributed by atoms with Crippen molar-refractivity contribution in [2.45, 2.75) is 58.5 Å².